The van der Waals surface area contributed by atoms with Gasteiger partial charge in [0.15, 0.2) is 0 Å². The van der Waals surface area contributed by atoms with E-state index in [4.69, 9.17) is 16.1 Å². The summed E-state index contributed by atoms with van der Waals surface area (Å²) in [5.74, 6) is -0.202. The van der Waals surface area contributed by atoms with E-state index < -0.39 is 6.10 Å². The molecule has 0 fully saturated rings. The van der Waals surface area contributed by atoms with Crippen molar-refractivity contribution in [2.75, 3.05) is 6.54 Å². The van der Waals surface area contributed by atoms with Crippen LogP contribution in [0, 0.1) is 5.92 Å². The molecule has 1 aromatic carbocycles. The van der Waals surface area contributed by atoms with Crippen LogP contribution in [-0.2, 0) is 0 Å². The number of amides is 1. The predicted molar refractivity (Wildman–Crippen MR) is 84.7 cm³/mol. The molecule has 22 heavy (non-hydrogen) atoms. The maximum atomic E-state index is 12.2. The average Bonchev–Trinajstić information content (AvgIpc) is 3.01. The van der Waals surface area contributed by atoms with Gasteiger partial charge in [0.1, 0.15) is 17.5 Å². The number of nitrogens with zero attached hydrogens (tertiary/aromatic N) is 1. The van der Waals surface area contributed by atoms with E-state index in [1.54, 1.807) is 24.3 Å². The van der Waals surface area contributed by atoms with Gasteiger partial charge in [0.2, 0.25) is 0 Å². The summed E-state index contributed by atoms with van der Waals surface area (Å²) in [5, 5.41) is 17.1. The number of aromatic nitrogens is 1. The van der Waals surface area contributed by atoms with Crippen LogP contribution in [0.25, 0.3) is 11.3 Å². The monoisotopic (exact) mass is 322 g/mol. The molecule has 0 spiro atoms. The largest absolute Gasteiger partial charge is 0.391 e. The van der Waals surface area contributed by atoms with Gasteiger partial charge in [-0.1, -0.05) is 49.2 Å². The fourth-order valence-corrected chi connectivity index (χ4v) is 2.11. The summed E-state index contributed by atoms with van der Waals surface area (Å²) in [6.07, 6.45) is 1.57. The Morgan fingerprint density at radius 3 is 2.73 bits per heavy atom. The second-order valence-corrected chi connectivity index (χ2v) is 5.68. The van der Waals surface area contributed by atoms with Gasteiger partial charge in [0.05, 0.1) is 6.10 Å². The Balaban J connectivity index is 2.08. The lowest BCUT2D eigenvalue weighted by Crippen LogP contribution is -2.35. The van der Waals surface area contributed by atoms with Gasteiger partial charge >= 0.3 is 0 Å². The minimum atomic E-state index is -0.576. The number of aliphatic hydroxyl groups is 1. The van der Waals surface area contributed by atoms with E-state index >= 15 is 0 Å². The Morgan fingerprint density at radius 1 is 1.41 bits per heavy atom. The molecule has 118 valence electrons. The molecule has 5 nitrogen and oxygen atoms in total. The maximum Gasteiger partial charge on any atom is 0.256 e. The van der Waals surface area contributed by atoms with E-state index in [9.17, 15) is 9.90 Å². The number of halogens is 1. The second-order valence-electron chi connectivity index (χ2n) is 5.25. The van der Waals surface area contributed by atoms with Crippen LogP contribution in [0.5, 0.6) is 0 Å². The normalized spacial score (nSPS) is 13.6. The van der Waals surface area contributed by atoms with Crippen molar-refractivity contribution < 1.29 is 14.4 Å². The molecule has 0 aliphatic carbocycles. The maximum absolute atomic E-state index is 12.2. The first-order chi connectivity index (χ1) is 10.5. The molecule has 6 heteroatoms. The van der Waals surface area contributed by atoms with Crippen LogP contribution in [0.3, 0.4) is 0 Å². The molecule has 2 rings (SSSR count). The number of benzene rings is 1. The molecule has 2 atom stereocenters. The minimum absolute atomic E-state index is 0.124. The number of hydrogen-bond acceptors (Lipinski definition) is 4. The molecule has 0 saturated heterocycles. The minimum Gasteiger partial charge on any atom is -0.391 e. The van der Waals surface area contributed by atoms with E-state index in [0.717, 1.165) is 12.0 Å². The second kappa shape index (κ2) is 7.42. The van der Waals surface area contributed by atoms with Crippen molar-refractivity contribution in [1.29, 1.82) is 0 Å². The van der Waals surface area contributed by atoms with Crippen LogP contribution in [0.15, 0.2) is 35.1 Å². The van der Waals surface area contributed by atoms with Gasteiger partial charge in [-0.05, 0) is 18.1 Å². The summed E-state index contributed by atoms with van der Waals surface area (Å²) in [7, 11) is 0. The van der Waals surface area contributed by atoms with Gasteiger partial charge in [-0.15, -0.1) is 0 Å². The topological polar surface area (TPSA) is 75.4 Å². The lowest BCUT2D eigenvalue weighted by atomic mass is 10.0. The predicted octanol–water partition coefficient (Wildman–Crippen LogP) is 3.13. The third kappa shape index (κ3) is 3.87. The van der Waals surface area contributed by atoms with Gasteiger partial charge in [-0.2, -0.15) is 0 Å². The molecule has 0 aliphatic heterocycles. The lowest BCUT2D eigenvalue weighted by Gasteiger charge is -2.17. The first-order valence-corrected chi connectivity index (χ1v) is 7.57. The quantitative estimate of drug-likeness (QED) is 0.856. The molecule has 1 aromatic heterocycles. The molecule has 0 saturated carbocycles. The molecule has 2 N–H and O–H groups in total. The highest BCUT2D eigenvalue weighted by Crippen LogP contribution is 2.23. The molecular formula is C16H19ClN2O3. The molecule has 2 aromatic rings. The van der Waals surface area contributed by atoms with Crippen molar-refractivity contribution in [2.45, 2.75) is 26.4 Å². The SMILES string of the molecule is CCC(C)C(O)CNC(=O)c1conc1-c1ccc(Cl)cc1. The number of carbonyl (C=O) groups excluding carboxylic acids is 1. The molecular weight excluding hydrogens is 304 g/mol. The number of nitrogens with one attached hydrogen (secondary N) is 1. The van der Waals surface area contributed by atoms with E-state index in [-0.39, 0.29) is 18.4 Å². The zero-order valence-electron chi connectivity index (χ0n) is 12.5. The smallest absolute Gasteiger partial charge is 0.256 e. The zero-order chi connectivity index (χ0) is 16.1. The lowest BCUT2D eigenvalue weighted by molar-refractivity contribution is 0.0850. The molecule has 0 aliphatic rings. The van der Waals surface area contributed by atoms with Crippen LogP contribution in [-0.4, -0.2) is 28.8 Å². The summed E-state index contributed by atoms with van der Waals surface area (Å²) < 4.78 is 4.92. The summed E-state index contributed by atoms with van der Waals surface area (Å²) in [6.45, 7) is 4.13. The van der Waals surface area contributed by atoms with E-state index in [1.165, 1.54) is 6.26 Å². The highest BCUT2D eigenvalue weighted by Gasteiger charge is 2.19. The fourth-order valence-electron chi connectivity index (χ4n) is 1.98. The molecule has 2 unspecified atom stereocenters. The third-order valence-electron chi connectivity index (χ3n) is 3.70. The summed E-state index contributed by atoms with van der Waals surface area (Å²) in [5.41, 5.74) is 1.52. The van der Waals surface area contributed by atoms with Crippen LogP contribution in [0.4, 0.5) is 0 Å². The fraction of sp³-hybridized carbons (Fsp3) is 0.375. The van der Waals surface area contributed by atoms with Crippen molar-refractivity contribution in [2.24, 2.45) is 5.92 Å². The Kier molecular flexibility index (Phi) is 5.57. The highest BCUT2D eigenvalue weighted by molar-refractivity contribution is 6.30. The van der Waals surface area contributed by atoms with Crippen molar-refractivity contribution >= 4 is 17.5 Å². The van der Waals surface area contributed by atoms with Gasteiger partial charge in [-0.3, -0.25) is 4.79 Å². The molecule has 1 heterocycles. The number of rotatable bonds is 6. The third-order valence-corrected chi connectivity index (χ3v) is 3.96. The Morgan fingerprint density at radius 2 is 2.09 bits per heavy atom. The van der Waals surface area contributed by atoms with Crippen LogP contribution >= 0.6 is 11.6 Å². The van der Waals surface area contributed by atoms with Gasteiger partial charge in [0.25, 0.3) is 5.91 Å². The van der Waals surface area contributed by atoms with Gasteiger partial charge in [0, 0.05) is 17.1 Å². The number of carbonyl (C=O) groups is 1. The van der Waals surface area contributed by atoms with Crippen molar-refractivity contribution in [3.05, 3.63) is 41.1 Å². The van der Waals surface area contributed by atoms with E-state index in [2.05, 4.69) is 10.5 Å². The van der Waals surface area contributed by atoms with Crippen molar-refractivity contribution in [1.82, 2.24) is 10.5 Å². The van der Waals surface area contributed by atoms with Crippen LogP contribution in [0.1, 0.15) is 30.6 Å². The Bertz CT molecular complexity index is 625. The standard InChI is InChI=1S/C16H19ClN2O3/c1-3-10(2)14(20)8-18-16(21)13-9-22-19-15(13)11-4-6-12(17)7-5-11/h4-7,9-10,14,20H,3,8H2,1-2H3,(H,18,21). The van der Waals surface area contributed by atoms with Gasteiger partial charge in [-0.25, -0.2) is 0 Å². The summed E-state index contributed by atoms with van der Waals surface area (Å²) >= 11 is 5.85. The van der Waals surface area contributed by atoms with Crippen LogP contribution < -0.4 is 5.32 Å². The van der Waals surface area contributed by atoms with Crippen LogP contribution in [0.2, 0.25) is 5.02 Å². The summed E-state index contributed by atoms with van der Waals surface area (Å²) in [4.78, 5) is 12.2. The summed E-state index contributed by atoms with van der Waals surface area (Å²) in [6, 6.07) is 6.98. The van der Waals surface area contributed by atoms with Crippen molar-refractivity contribution in [3.8, 4) is 11.3 Å². The number of hydrogen-bond donors (Lipinski definition) is 2. The van der Waals surface area contributed by atoms with Crippen molar-refractivity contribution in [3.63, 3.8) is 0 Å². The Labute approximate surface area is 134 Å². The molecule has 0 bridgehead atoms. The molecule has 1 amide bonds. The first-order valence-electron chi connectivity index (χ1n) is 7.19. The molecule has 0 radical (unpaired) electrons. The van der Waals surface area contributed by atoms with Gasteiger partial charge < -0.3 is 14.9 Å². The van der Waals surface area contributed by atoms with E-state index in [1.807, 2.05) is 13.8 Å². The highest BCUT2D eigenvalue weighted by atomic mass is 35.5. The average molecular weight is 323 g/mol. The Hall–Kier alpha value is -1.85. The van der Waals surface area contributed by atoms with E-state index in [0.29, 0.717) is 16.3 Å². The zero-order valence-corrected chi connectivity index (χ0v) is 13.3. The number of aliphatic hydroxyl groups excluding tert-OH is 1. The first kappa shape index (κ1) is 16.5.